The lowest BCUT2D eigenvalue weighted by molar-refractivity contribution is 0.102. The minimum absolute atomic E-state index is 0.182. The molecule has 1 saturated carbocycles. The number of allylic oxidation sites excluding steroid dienone is 4. The average molecular weight is 453 g/mol. The third kappa shape index (κ3) is 5.30. The van der Waals surface area contributed by atoms with Gasteiger partial charge in [-0.05, 0) is 84.0 Å². The fourth-order valence-corrected chi connectivity index (χ4v) is 6.03. The Labute approximate surface area is 200 Å². The van der Waals surface area contributed by atoms with Crippen molar-refractivity contribution < 1.29 is 10.2 Å². The summed E-state index contributed by atoms with van der Waals surface area (Å²) in [6, 6.07) is 7.08. The Kier molecular flexibility index (Phi) is 7.21. The second-order valence-corrected chi connectivity index (χ2v) is 12.0. The van der Waals surface area contributed by atoms with E-state index in [-0.39, 0.29) is 17.4 Å². The van der Waals surface area contributed by atoms with E-state index in [0.717, 1.165) is 19.3 Å². The van der Waals surface area contributed by atoms with Crippen molar-refractivity contribution in [3.8, 4) is 0 Å². The molecule has 3 aliphatic carbocycles. The molecule has 182 valence electrons. The van der Waals surface area contributed by atoms with Gasteiger partial charge in [-0.2, -0.15) is 0 Å². The fourth-order valence-electron chi connectivity index (χ4n) is 6.03. The molecule has 0 heterocycles. The first kappa shape index (κ1) is 24.7. The smallest absolute Gasteiger partial charge is 0.0837 e. The third-order valence-corrected chi connectivity index (χ3v) is 8.66. The first-order valence-electron chi connectivity index (χ1n) is 12.9. The monoisotopic (exact) mass is 452 g/mol. The summed E-state index contributed by atoms with van der Waals surface area (Å²) < 4.78 is 0. The molecule has 4 rings (SSSR count). The van der Waals surface area contributed by atoms with Gasteiger partial charge in [0.1, 0.15) is 0 Å². The van der Waals surface area contributed by atoms with E-state index in [2.05, 4.69) is 63.4 Å². The molecule has 33 heavy (non-hydrogen) atoms. The summed E-state index contributed by atoms with van der Waals surface area (Å²) in [5, 5.41) is 22.5. The van der Waals surface area contributed by atoms with Gasteiger partial charge in [0.2, 0.25) is 0 Å². The van der Waals surface area contributed by atoms with E-state index in [1.54, 1.807) is 5.57 Å². The summed E-state index contributed by atoms with van der Waals surface area (Å²) in [6.45, 7) is 9.85. The molecule has 2 atom stereocenters. The summed E-state index contributed by atoms with van der Waals surface area (Å²) >= 11 is 0. The SMILES string of the molecule is CC1(C)CCC(C)(C)c2cc(C3=CCC(C4CCC(NC[C@H](O)[C@@H](N)CO)CC4)=C3)ccc21. The van der Waals surface area contributed by atoms with Crippen LogP contribution in [-0.2, 0) is 10.8 Å². The molecular formula is C29H44N2O2. The van der Waals surface area contributed by atoms with Gasteiger partial charge in [-0.1, -0.05) is 63.6 Å². The van der Waals surface area contributed by atoms with Crippen molar-refractivity contribution in [1.29, 1.82) is 0 Å². The third-order valence-electron chi connectivity index (χ3n) is 8.66. The molecule has 0 aromatic heterocycles. The van der Waals surface area contributed by atoms with Crippen LogP contribution in [0.2, 0.25) is 0 Å². The Balaban J connectivity index is 1.38. The van der Waals surface area contributed by atoms with Gasteiger partial charge in [-0.3, -0.25) is 0 Å². The lowest BCUT2D eigenvalue weighted by Crippen LogP contribution is -2.47. The minimum Gasteiger partial charge on any atom is -0.395 e. The summed E-state index contributed by atoms with van der Waals surface area (Å²) in [5.74, 6) is 0.662. The molecule has 0 radical (unpaired) electrons. The van der Waals surface area contributed by atoms with Crippen LogP contribution in [0.5, 0.6) is 0 Å². The normalized spacial score (nSPS) is 28.0. The molecule has 5 N–H and O–H groups in total. The number of nitrogens with one attached hydrogen (secondary N) is 1. The van der Waals surface area contributed by atoms with Crippen LogP contribution in [0, 0.1) is 5.92 Å². The Hall–Kier alpha value is -1.46. The highest BCUT2D eigenvalue weighted by atomic mass is 16.3. The quantitative estimate of drug-likeness (QED) is 0.488. The van der Waals surface area contributed by atoms with Gasteiger partial charge in [-0.25, -0.2) is 0 Å². The van der Waals surface area contributed by atoms with Crippen LogP contribution in [0.15, 0.2) is 35.9 Å². The maximum absolute atomic E-state index is 9.98. The van der Waals surface area contributed by atoms with Crippen LogP contribution >= 0.6 is 0 Å². The Morgan fingerprint density at radius 1 is 1.03 bits per heavy atom. The highest BCUT2D eigenvalue weighted by Gasteiger charge is 2.37. The molecule has 0 saturated heterocycles. The maximum atomic E-state index is 9.98. The topological polar surface area (TPSA) is 78.5 Å². The van der Waals surface area contributed by atoms with Gasteiger partial charge < -0.3 is 21.3 Å². The average Bonchev–Trinajstić information content (AvgIpc) is 3.30. The number of nitrogens with two attached hydrogens (primary N) is 1. The summed E-state index contributed by atoms with van der Waals surface area (Å²) in [5.41, 5.74) is 13.6. The lowest BCUT2D eigenvalue weighted by Gasteiger charge is -2.42. The first-order chi connectivity index (χ1) is 15.6. The van der Waals surface area contributed by atoms with Gasteiger partial charge >= 0.3 is 0 Å². The van der Waals surface area contributed by atoms with E-state index in [4.69, 9.17) is 10.8 Å². The molecule has 0 bridgehead atoms. The van der Waals surface area contributed by atoms with Crippen molar-refractivity contribution in [2.45, 2.75) is 102 Å². The van der Waals surface area contributed by atoms with E-state index in [1.807, 2.05) is 0 Å². The molecule has 4 heteroatoms. The zero-order valence-electron chi connectivity index (χ0n) is 21.0. The molecule has 4 nitrogen and oxygen atoms in total. The maximum Gasteiger partial charge on any atom is 0.0837 e. The van der Waals surface area contributed by atoms with E-state index < -0.39 is 12.1 Å². The zero-order valence-corrected chi connectivity index (χ0v) is 21.0. The highest BCUT2D eigenvalue weighted by molar-refractivity contribution is 5.78. The van der Waals surface area contributed by atoms with Crippen LogP contribution in [-0.4, -0.2) is 41.6 Å². The van der Waals surface area contributed by atoms with E-state index in [1.165, 1.54) is 47.9 Å². The van der Waals surface area contributed by atoms with Crippen LogP contribution < -0.4 is 11.1 Å². The van der Waals surface area contributed by atoms with Crippen LogP contribution in [0.4, 0.5) is 0 Å². The van der Waals surface area contributed by atoms with Crippen molar-refractivity contribution in [2.24, 2.45) is 11.7 Å². The minimum atomic E-state index is -0.691. The number of aliphatic hydroxyl groups excluding tert-OH is 2. The van der Waals surface area contributed by atoms with Crippen LogP contribution in [0.25, 0.3) is 5.57 Å². The highest BCUT2D eigenvalue weighted by Crippen LogP contribution is 2.47. The number of benzene rings is 1. The van der Waals surface area contributed by atoms with Crippen molar-refractivity contribution in [3.63, 3.8) is 0 Å². The van der Waals surface area contributed by atoms with Crippen molar-refractivity contribution in [1.82, 2.24) is 5.32 Å². The largest absolute Gasteiger partial charge is 0.395 e. The Morgan fingerprint density at radius 2 is 1.70 bits per heavy atom. The molecule has 1 fully saturated rings. The molecule has 3 aliphatic rings. The fraction of sp³-hybridized carbons (Fsp3) is 0.655. The van der Waals surface area contributed by atoms with E-state index in [0.29, 0.717) is 18.5 Å². The van der Waals surface area contributed by atoms with Gasteiger partial charge in [0, 0.05) is 12.6 Å². The summed E-state index contributed by atoms with van der Waals surface area (Å²) in [7, 11) is 0. The van der Waals surface area contributed by atoms with Gasteiger partial charge in [-0.15, -0.1) is 0 Å². The van der Waals surface area contributed by atoms with Crippen molar-refractivity contribution in [2.75, 3.05) is 13.2 Å². The standard InChI is InChI=1S/C29H44N2O2/c1-28(2)13-14-29(3,4)25-16-22(9-12-24(25)28)21-6-5-20(15-21)19-7-10-23(11-8-19)31-17-27(33)26(30)18-32/h6,9,12,15-16,19,23,26-27,31-33H,5,7-8,10-11,13-14,17-18,30H2,1-4H3/t19?,23?,26-,27-/m0/s1. The van der Waals surface area contributed by atoms with Crippen molar-refractivity contribution >= 4 is 5.57 Å². The Morgan fingerprint density at radius 3 is 2.36 bits per heavy atom. The predicted molar refractivity (Wildman–Crippen MR) is 137 cm³/mol. The number of rotatable bonds is 7. The number of hydrogen-bond acceptors (Lipinski definition) is 4. The van der Waals surface area contributed by atoms with Gasteiger partial charge in [0.15, 0.2) is 0 Å². The molecule has 0 amide bonds. The zero-order chi connectivity index (χ0) is 23.8. The van der Waals surface area contributed by atoms with E-state index >= 15 is 0 Å². The second kappa shape index (κ2) is 9.65. The number of fused-ring (bicyclic) bond motifs is 1. The number of aliphatic hydroxyl groups is 2. The molecule has 1 aromatic carbocycles. The second-order valence-electron chi connectivity index (χ2n) is 12.0. The van der Waals surface area contributed by atoms with Crippen molar-refractivity contribution in [3.05, 3.63) is 52.6 Å². The Bertz CT molecular complexity index is 906. The predicted octanol–water partition coefficient (Wildman–Crippen LogP) is 4.58. The molecule has 0 spiro atoms. The van der Waals surface area contributed by atoms with E-state index in [9.17, 15) is 5.11 Å². The molecule has 0 aliphatic heterocycles. The number of hydrogen-bond donors (Lipinski definition) is 4. The summed E-state index contributed by atoms with van der Waals surface area (Å²) in [4.78, 5) is 0. The molecule has 1 aromatic rings. The van der Waals surface area contributed by atoms with Crippen LogP contribution in [0.1, 0.15) is 89.3 Å². The van der Waals surface area contributed by atoms with Gasteiger partial charge in [0.25, 0.3) is 0 Å². The summed E-state index contributed by atoms with van der Waals surface area (Å²) in [6.07, 6.45) is 12.4. The lowest BCUT2D eigenvalue weighted by atomic mass is 9.63. The molecule has 0 unspecified atom stereocenters. The van der Waals surface area contributed by atoms with Gasteiger partial charge in [0.05, 0.1) is 18.8 Å². The first-order valence-corrected chi connectivity index (χ1v) is 12.9. The van der Waals surface area contributed by atoms with Crippen LogP contribution in [0.3, 0.4) is 0 Å². The molecular weight excluding hydrogens is 408 g/mol.